The van der Waals surface area contributed by atoms with Crippen LogP contribution in [0.1, 0.15) is 44.4 Å². The van der Waals surface area contributed by atoms with Crippen molar-refractivity contribution >= 4 is 39.1 Å². The Bertz CT molecular complexity index is 1420. The van der Waals surface area contributed by atoms with E-state index in [0.29, 0.717) is 16.3 Å². The molecule has 0 unspecified atom stereocenters. The molecule has 1 atom stereocenters. The van der Waals surface area contributed by atoms with Crippen molar-refractivity contribution in [2.75, 3.05) is 10.8 Å². The SMILES string of the molecule is Cc1ccc(N(CC(=O)N(Cc2ccccc2Cl)[C@H](C)C(=O)NC(C)(C)C)S(=O)(=O)c2ccc(C)cc2)cc1. The molecule has 39 heavy (non-hydrogen) atoms. The van der Waals surface area contributed by atoms with Crippen LogP contribution in [0.2, 0.25) is 5.02 Å². The third kappa shape index (κ3) is 7.83. The van der Waals surface area contributed by atoms with Crippen LogP contribution in [-0.2, 0) is 26.2 Å². The third-order valence-electron chi connectivity index (χ3n) is 6.17. The van der Waals surface area contributed by atoms with Gasteiger partial charge in [-0.1, -0.05) is 65.2 Å². The molecule has 3 rings (SSSR count). The van der Waals surface area contributed by atoms with E-state index in [1.165, 1.54) is 17.0 Å². The van der Waals surface area contributed by atoms with Gasteiger partial charge in [-0.25, -0.2) is 8.42 Å². The zero-order chi connectivity index (χ0) is 29.0. The Morgan fingerprint density at radius 1 is 0.897 bits per heavy atom. The lowest BCUT2D eigenvalue weighted by molar-refractivity contribution is -0.140. The first kappa shape index (κ1) is 30.2. The molecule has 0 aliphatic carbocycles. The first-order valence-corrected chi connectivity index (χ1v) is 14.5. The largest absolute Gasteiger partial charge is 0.350 e. The Kier molecular flexibility index (Phi) is 9.46. The number of hydrogen-bond donors (Lipinski definition) is 1. The van der Waals surface area contributed by atoms with Gasteiger partial charge in [0.2, 0.25) is 11.8 Å². The summed E-state index contributed by atoms with van der Waals surface area (Å²) in [5.41, 5.74) is 2.33. The summed E-state index contributed by atoms with van der Waals surface area (Å²) in [6.07, 6.45) is 0. The lowest BCUT2D eigenvalue weighted by Crippen LogP contribution is -2.54. The van der Waals surface area contributed by atoms with Crippen molar-refractivity contribution in [2.24, 2.45) is 0 Å². The monoisotopic (exact) mass is 569 g/mol. The highest BCUT2D eigenvalue weighted by atomic mass is 35.5. The van der Waals surface area contributed by atoms with Crippen LogP contribution < -0.4 is 9.62 Å². The predicted molar refractivity (Wildman–Crippen MR) is 156 cm³/mol. The van der Waals surface area contributed by atoms with Gasteiger partial charge in [-0.3, -0.25) is 13.9 Å². The van der Waals surface area contributed by atoms with E-state index in [1.807, 2.05) is 34.6 Å². The van der Waals surface area contributed by atoms with Crippen LogP contribution in [0.3, 0.4) is 0 Å². The maximum Gasteiger partial charge on any atom is 0.264 e. The molecule has 0 bridgehead atoms. The average molecular weight is 570 g/mol. The van der Waals surface area contributed by atoms with Crippen molar-refractivity contribution < 1.29 is 18.0 Å². The van der Waals surface area contributed by atoms with Gasteiger partial charge in [0, 0.05) is 17.1 Å². The summed E-state index contributed by atoms with van der Waals surface area (Å²) in [4.78, 5) is 28.5. The number of hydrogen-bond acceptors (Lipinski definition) is 4. The standard InChI is InChI=1S/C30H36ClN3O4S/c1-21-11-15-25(16-12-21)34(39(37,38)26-17-13-22(2)14-18-26)20-28(35)33(19-24-9-7-8-10-27(24)31)23(3)29(36)32-30(4,5)6/h7-18,23H,19-20H2,1-6H3,(H,32,36)/t23-/m1/s1. The highest BCUT2D eigenvalue weighted by Gasteiger charge is 2.33. The van der Waals surface area contributed by atoms with E-state index in [2.05, 4.69) is 5.32 Å². The van der Waals surface area contributed by atoms with Crippen LogP contribution in [0.4, 0.5) is 5.69 Å². The minimum Gasteiger partial charge on any atom is -0.350 e. The Morgan fingerprint density at radius 2 is 1.44 bits per heavy atom. The molecule has 9 heteroatoms. The van der Waals surface area contributed by atoms with Gasteiger partial charge in [-0.2, -0.15) is 0 Å². The maximum atomic E-state index is 13.9. The minimum atomic E-state index is -4.11. The lowest BCUT2D eigenvalue weighted by Gasteiger charge is -2.33. The van der Waals surface area contributed by atoms with Crippen molar-refractivity contribution in [1.29, 1.82) is 0 Å². The van der Waals surface area contributed by atoms with Crippen LogP contribution in [0.25, 0.3) is 0 Å². The molecule has 2 amide bonds. The number of carbonyl (C=O) groups excluding carboxylic acids is 2. The summed E-state index contributed by atoms with van der Waals surface area (Å²) >= 11 is 6.40. The summed E-state index contributed by atoms with van der Waals surface area (Å²) in [5.74, 6) is -0.895. The topological polar surface area (TPSA) is 86.8 Å². The molecule has 208 valence electrons. The number of nitrogens with zero attached hydrogens (tertiary/aromatic N) is 2. The molecule has 1 N–H and O–H groups in total. The van der Waals surface area contributed by atoms with Crippen LogP contribution in [0.15, 0.2) is 77.7 Å². The molecular formula is C30H36ClN3O4S. The van der Waals surface area contributed by atoms with Crippen molar-refractivity contribution in [3.63, 3.8) is 0 Å². The Labute approximate surface area is 236 Å². The summed E-state index contributed by atoms with van der Waals surface area (Å²) < 4.78 is 28.8. The van der Waals surface area contributed by atoms with Crippen LogP contribution in [0, 0.1) is 13.8 Å². The number of halogens is 1. The molecular weight excluding hydrogens is 534 g/mol. The fourth-order valence-corrected chi connectivity index (χ4v) is 5.55. The van der Waals surface area contributed by atoms with Crippen molar-refractivity contribution in [3.05, 3.63) is 94.5 Å². The number of benzene rings is 3. The molecule has 0 spiro atoms. The number of sulfonamides is 1. The maximum absolute atomic E-state index is 13.9. The smallest absolute Gasteiger partial charge is 0.264 e. The highest BCUT2D eigenvalue weighted by molar-refractivity contribution is 7.92. The van der Waals surface area contributed by atoms with E-state index in [-0.39, 0.29) is 17.3 Å². The molecule has 0 heterocycles. The average Bonchev–Trinajstić information content (AvgIpc) is 2.86. The molecule has 0 aliphatic rings. The van der Waals surface area contributed by atoms with Gasteiger partial charge in [-0.05, 0) is 77.4 Å². The minimum absolute atomic E-state index is 0.0313. The summed E-state index contributed by atoms with van der Waals surface area (Å²) in [5, 5.41) is 3.36. The summed E-state index contributed by atoms with van der Waals surface area (Å²) in [6, 6.07) is 19.6. The molecule has 0 aliphatic heterocycles. The molecule has 3 aromatic carbocycles. The van der Waals surface area contributed by atoms with Gasteiger partial charge in [0.25, 0.3) is 10.0 Å². The van der Waals surface area contributed by atoms with Gasteiger partial charge >= 0.3 is 0 Å². The molecule has 7 nitrogen and oxygen atoms in total. The highest BCUT2D eigenvalue weighted by Crippen LogP contribution is 2.26. The summed E-state index contributed by atoms with van der Waals surface area (Å²) in [7, 11) is -4.11. The second-order valence-corrected chi connectivity index (χ2v) is 13.0. The summed E-state index contributed by atoms with van der Waals surface area (Å²) in [6.45, 7) is 10.5. The predicted octanol–water partition coefficient (Wildman–Crippen LogP) is 5.48. The first-order chi connectivity index (χ1) is 18.2. The molecule has 0 fully saturated rings. The van der Waals surface area contributed by atoms with Gasteiger partial charge in [0.15, 0.2) is 0 Å². The van der Waals surface area contributed by atoms with Crippen molar-refractivity contribution in [1.82, 2.24) is 10.2 Å². The van der Waals surface area contributed by atoms with Crippen molar-refractivity contribution in [2.45, 2.75) is 64.6 Å². The molecule has 0 aromatic heterocycles. The van der Waals surface area contributed by atoms with Crippen LogP contribution in [0.5, 0.6) is 0 Å². The second-order valence-electron chi connectivity index (χ2n) is 10.7. The molecule has 3 aromatic rings. The second kappa shape index (κ2) is 12.2. The number of aryl methyl sites for hydroxylation is 2. The van der Waals surface area contributed by atoms with Gasteiger partial charge in [0.1, 0.15) is 12.6 Å². The first-order valence-electron chi connectivity index (χ1n) is 12.7. The third-order valence-corrected chi connectivity index (χ3v) is 8.33. The van der Waals surface area contributed by atoms with Crippen LogP contribution >= 0.6 is 11.6 Å². The van der Waals surface area contributed by atoms with E-state index in [4.69, 9.17) is 11.6 Å². The quantitative estimate of drug-likeness (QED) is 0.369. The number of anilines is 1. The van der Waals surface area contributed by atoms with E-state index < -0.39 is 34.1 Å². The zero-order valence-electron chi connectivity index (χ0n) is 23.2. The van der Waals surface area contributed by atoms with E-state index in [1.54, 1.807) is 67.6 Å². The Balaban J connectivity index is 2.04. The van der Waals surface area contributed by atoms with Gasteiger partial charge < -0.3 is 10.2 Å². The molecule has 0 radical (unpaired) electrons. The Hall–Kier alpha value is -3.36. The normalized spacial score (nSPS) is 12.5. The number of rotatable bonds is 9. The van der Waals surface area contributed by atoms with Crippen LogP contribution in [-0.4, -0.2) is 43.3 Å². The van der Waals surface area contributed by atoms with E-state index in [9.17, 15) is 18.0 Å². The van der Waals surface area contributed by atoms with Gasteiger partial charge in [-0.15, -0.1) is 0 Å². The molecule has 0 saturated carbocycles. The number of carbonyl (C=O) groups is 2. The van der Waals surface area contributed by atoms with E-state index >= 15 is 0 Å². The number of nitrogens with one attached hydrogen (secondary N) is 1. The fraction of sp³-hybridized carbons (Fsp3) is 0.333. The van der Waals surface area contributed by atoms with E-state index in [0.717, 1.165) is 15.4 Å². The van der Waals surface area contributed by atoms with Gasteiger partial charge in [0.05, 0.1) is 10.6 Å². The molecule has 0 saturated heterocycles. The Morgan fingerprint density at radius 3 is 1.97 bits per heavy atom. The fourth-order valence-electron chi connectivity index (χ4n) is 3.94. The number of amides is 2. The zero-order valence-corrected chi connectivity index (χ0v) is 24.8. The van der Waals surface area contributed by atoms with Crippen molar-refractivity contribution in [3.8, 4) is 0 Å². The lowest BCUT2D eigenvalue weighted by atomic mass is 10.1.